The lowest BCUT2D eigenvalue weighted by Crippen LogP contribution is -2.46. The Hall–Kier alpha value is -2.63. The summed E-state index contributed by atoms with van der Waals surface area (Å²) in [6, 6.07) is 18.4. The fraction of sp³-hybridized carbons (Fsp3) is 0.273. The molecule has 0 saturated carbocycles. The first-order chi connectivity index (χ1) is 13.7. The molecule has 1 saturated heterocycles. The van der Waals surface area contributed by atoms with E-state index >= 15 is 0 Å². The Bertz CT molecular complexity index is 923. The summed E-state index contributed by atoms with van der Waals surface area (Å²) in [4.78, 5) is 13.9. The van der Waals surface area contributed by atoms with E-state index in [0.29, 0.717) is 0 Å². The zero-order chi connectivity index (χ0) is 19.3. The molecule has 144 valence electrons. The quantitative estimate of drug-likeness (QED) is 0.691. The molecule has 28 heavy (non-hydrogen) atoms. The summed E-state index contributed by atoms with van der Waals surface area (Å²) in [5, 5.41) is 4.06. The highest BCUT2D eigenvalue weighted by molar-refractivity contribution is 6.31. The Morgan fingerprint density at radius 2 is 1.79 bits per heavy atom. The van der Waals surface area contributed by atoms with Crippen molar-refractivity contribution in [2.24, 2.45) is 0 Å². The number of aryl methyl sites for hydroxylation is 1. The first-order valence-electron chi connectivity index (χ1n) is 9.55. The van der Waals surface area contributed by atoms with Crippen molar-refractivity contribution in [3.8, 4) is 0 Å². The fourth-order valence-corrected chi connectivity index (χ4v) is 3.52. The average Bonchev–Trinajstić information content (AvgIpc) is 2.72. The topological polar surface area (TPSA) is 44.3 Å². The molecular formula is C22H24ClN5. The highest BCUT2D eigenvalue weighted by Crippen LogP contribution is 2.23. The molecule has 0 radical (unpaired) electrons. The highest BCUT2D eigenvalue weighted by Gasteiger charge is 2.19. The van der Waals surface area contributed by atoms with Crippen LogP contribution < -0.4 is 10.2 Å². The van der Waals surface area contributed by atoms with Gasteiger partial charge in [-0.2, -0.15) is 4.98 Å². The molecule has 1 aromatic heterocycles. The zero-order valence-corrected chi connectivity index (χ0v) is 16.7. The number of aromatic nitrogens is 2. The standard InChI is InChI=1S/C22H24ClN5/c1-17-7-8-19(15-20(17)23)25-21-9-10-24-22(26-21)28-13-11-27(12-14-28)16-18-5-3-2-4-6-18/h2-10,15H,11-14,16H2,1H3,(H,24,25,26). The van der Waals surface area contributed by atoms with E-state index in [0.717, 1.165) is 60.8 Å². The summed E-state index contributed by atoms with van der Waals surface area (Å²) in [6.07, 6.45) is 1.80. The van der Waals surface area contributed by atoms with Crippen molar-refractivity contribution in [1.82, 2.24) is 14.9 Å². The molecule has 0 atom stereocenters. The molecule has 0 bridgehead atoms. The van der Waals surface area contributed by atoms with Crippen molar-refractivity contribution in [3.05, 3.63) is 76.9 Å². The molecular weight excluding hydrogens is 370 g/mol. The Balaban J connectivity index is 1.37. The minimum Gasteiger partial charge on any atom is -0.340 e. The van der Waals surface area contributed by atoms with Crippen LogP contribution in [-0.4, -0.2) is 41.0 Å². The second-order valence-corrected chi connectivity index (χ2v) is 7.49. The molecule has 1 N–H and O–H groups in total. The number of piperazine rings is 1. The summed E-state index contributed by atoms with van der Waals surface area (Å²) in [5.74, 6) is 1.54. The highest BCUT2D eigenvalue weighted by atomic mass is 35.5. The molecule has 5 nitrogen and oxygen atoms in total. The summed E-state index contributed by atoms with van der Waals surface area (Å²) in [6.45, 7) is 6.84. The Kier molecular flexibility index (Phi) is 5.74. The van der Waals surface area contributed by atoms with Crippen molar-refractivity contribution >= 4 is 29.1 Å². The summed E-state index contributed by atoms with van der Waals surface area (Å²) in [7, 11) is 0. The van der Waals surface area contributed by atoms with Gasteiger partial charge in [0.25, 0.3) is 0 Å². The number of rotatable bonds is 5. The maximum absolute atomic E-state index is 6.22. The zero-order valence-electron chi connectivity index (χ0n) is 16.0. The molecule has 6 heteroatoms. The normalized spacial score (nSPS) is 14.9. The van der Waals surface area contributed by atoms with Crippen LogP contribution in [0.15, 0.2) is 60.8 Å². The minimum atomic E-state index is 0.744. The van der Waals surface area contributed by atoms with E-state index in [1.165, 1.54) is 5.56 Å². The van der Waals surface area contributed by atoms with Crippen LogP contribution in [0.4, 0.5) is 17.5 Å². The molecule has 1 aliphatic heterocycles. The van der Waals surface area contributed by atoms with Crippen molar-refractivity contribution in [2.75, 3.05) is 36.4 Å². The van der Waals surface area contributed by atoms with E-state index in [9.17, 15) is 0 Å². The molecule has 0 unspecified atom stereocenters. The van der Waals surface area contributed by atoms with E-state index in [1.54, 1.807) is 6.20 Å². The Morgan fingerprint density at radius 1 is 1.00 bits per heavy atom. The largest absolute Gasteiger partial charge is 0.340 e. The first-order valence-corrected chi connectivity index (χ1v) is 9.92. The van der Waals surface area contributed by atoms with Crippen LogP contribution in [-0.2, 0) is 6.54 Å². The second kappa shape index (κ2) is 8.59. The van der Waals surface area contributed by atoms with Gasteiger partial charge in [-0.15, -0.1) is 0 Å². The van der Waals surface area contributed by atoms with Crippen molar-refractivity contribution in [1.29, 1.82) is 0 Å². The maximum atomic E-state index is 6.22. The van der Waals surface area contributed by atoms with Crippen LogP contribution in [0.5, 0.6) is 0 Å². The summed E-state index contributed by atoms with van der Waals surface area (Å²) in [5.41, 5.74) is 3.34. The van der Waals surface area contributed by atoms with Gasteiger partial charge in [-0.25, -0.2) is 4.98 Å². The minimum absolute atomic E-state index is 0.744. The number of hydrogen-bond donors (Lipinski definition) is 1. The van der Waals surface area contributed by atoms with Crippen LogP contribution >= 0.6 is 11.6 Å². The van der Waals surface area contributed by atoms with Crippen LogP contribution in [0, 0.1) is 6.92 Å². The second-order valence-electron chi connectivity index (χ2n) is 7.08. The van der Waals surface area contributed by atoms with Gasteiger partial charge in [-0.05, 0) is 36.2 Å². The predicted molar refractivity (Wildman–Crippen MR) is 115 cm³/mol. The van der Waals surface area contributed by atoms with E-state index in [1.807, 2.05) is 31.2 Å². The average molecular weight is 394 g/mol. The van der Waals surface area contributed by atoms with Crippen LogP contribution in [0.25, 0.3) is 0 Å². The monoisotopic (exact) mass is 393 g/mol. The van der Waals surface area contributed by atoms with Gasteiger partial charge in [0.15, 0.2) is 0 Å². The number of hydrogen-bond acceptors (Lipinski definition) is 5. The lowest BCUT2D eigenvalue weighted by atomic mass is 10.2. The third-order valence-electron chi connectivity index (χ3n) is 4.99. The number of benzene rings is 2. The number of halogens is 1. The van der Waals surface area contributed by atoms with E-state index in [4.69, 9.17) is 16.6 Å². The summed E-state index contributed by atoms with van der Waals surface area (Å²) >= 11 is 6.22. The van der Waals surface area contributed by atoms with Crippen LogP contribution in [0.1, 0.15) is 11.1 Å². The lowest BCUT2D eigenvalue weighted by Gasteiger charge is -2.34. The molecule has 4 rings (SSSR count). The van der Waals surface area contributed by atoms with Gasteiger partial charge < -0.3 is 10.2 Å². The molecule has 1 aliphatic rings. The van der Waals surface area contributed by atoms with Gasteiger partial charge in [-0.3, -0.25) is 4.90 Å². The van der Waals surface area contributed by atoms with Gasteiger partial charge in [-0.1, -0.05) is 48.0 Å². The summed E-state index contributed by atoms with van der Waals surface area (Å²) < 4.78 is 0. The van der Waals surface area contributed by atoms with Gasteiger partial charge in [0.2, 0.25) is 5.95 Å². The molecule has 0 amide bonds. The van der Waals surface area contributed by atoms with E-state index in [2.05, 4.69) is 50.4 Å². The Morgan fingerprint density at radius 3 is 2.54 bits per heavy atom. The van der Waals surface area contributed by atoms with Gasteiger partial charge >= 0.3 is 0 Å². The fourth-order valence-electron chi connectivity index (χ4n) is 3.34. The predicted octanol–water partition coefficient (Wildman–Crippen LogP) is 4.50. The smallest absolute Gasteiger partial charge is 0.227 e. The maximum Gasteiger partial charge on any atom is 0.227 e. The van der Waals surface area contributed by atoms with Crippen molar-refractivity contribution in [2.45, 2.75) is 13.5 Å². The molecule has 0 aliphatic carbocycles. The molecule has 2 aromatic carbocycles. The van der Waals surface area contributed by atoms with Gasteiger partial charge in [0.1, 0.15) is 5.82 Å². The third-order valence-corrected chi connectivity index (χ3v) is 5.40. The van der Waals surface area contributed by atoms with Crippen LogP contribution in [0.2, 0.25) is 5.02 Å². The number of nitrogens with one attached hydrogen (secondary N) is 1. The van der Waals surface area contributed by atoms with Gasteiger partial charge in [0, 0.05) is 49.6 Å². The molecule has 0 spiro atoms. The van der Waals surface area contributed by atoms with Gasteiger partial charge in [0.05, 0.1) is 0 Å². The third kappa shape index (κ3) is 4.61. The molecule has 1 fully saturated rings. The first kappa shape index (κ1) is 18.7. The van der Waals surface area contributed by atoms with E-state index in [-0.39, 0.29) is 0 Å². The lowest BCUT2D eigenvalue weighted by molar-refractivity contribution is 0.248. The van der Waals surface area contributed by atoms with E-state index < -0.39 is 0 Å². The number of anilines is 3. The van der Waals surface area contributed by atoms with Crippen molar-refractivity contribution in [3.63, 3.8) is 0 Å². The number of nitrogens with zero attached hydrogens (tertiary/aromatic N) is 4. The SMILES string of the molecule is Cc1ccc(Nc2ccnc(N3CCN(Cc4ccccc4)CC3)n2)cc1Cl. The van der Waals surface area contributed by atoms with Crippen molar-refractivity contribution < 1.29 is 0 Å². The van der Waals surface area contributed by atoms with Crippen LogP contribution in [0.3, 0.4) is 0 Å². The Labute approximate surface area is 171 Å². The molecule has 2 heterocycles. The molecule has 3 aromatic rings.